The predicted molar refractivity (Wildman–Crippen MR) is 132 cm³/mol. The van der Waals surface area contributed by atoms with E-state index in [1.807, 2.05) is 0 Å². The Bertz CT molecular complexity index is 1610. The van der Waals surface area contributed by atoms with Crippen LogP contribution in [0.15, 0.2) is 83.3 Å². The summed E-state index contributed by atoms with van der Waals surface area (Å²) in [4.78, 5) is 12.4. The molecule has 0 atom stereocenters. The van der Waals surface area contributed by atoms with Gasteiger partial charge in [-0.1, -0.05) is 41.7 Å². The summed E-state index contributed by atoms with van der Waals surface area (Å²) in [6.07, 6.45) is 1.55. The van der Waals surface area contributed by atoms with Gasteiger partial charge >= 0.3 is 10.1 Å². The van der Waals surface area contributed by atoms with Gasteiger partial charge in [0, 0.05) is 12.0 Å². The van der Waals surface area contributed by atoms with E-state index in [9.17, 15) is 27.3 Å². The number of nitrogens with one attached hydrogen (secondary N) is 1. The number of benzene rings is 3. The molecule has 4 aromatic rings. The van der Waals surface area contributed by atoms with Crippen molar-refractivity contribution in [2.24, 2.45) is 0 Å². The Morgan fingerprint density at radius 2 is 1.65 bits per heavy atom. The number of anilines is 1. The fourth-order valence-corrected chi connectivity index (χ4v) is 4.79. The minimum Gasteiger partial charge on any atom is -0.378 e. The molecule has 0 fully saturated rings. The normalized spacial score (nSPS) is 11.5. The van der Waals surface area contributed by atoms with Gasteiger partial charge in [-0.15, -0.1) is 10.2 Å². The molecule has 1 heterocycles. The van der Waals surface area contributed by atoms with Gasteiger partial charge in [0.05, 0.1) is 0 Å². The van der Waals surface area contributed by atoms with E-state index < -0.39 is 21.8 Å². The number of hydrogen-bond acceptors (Lipinski definition) is 8. The molecule has 0 spiro atoms. The van der Waals surface area contributed by atoms with Crippen LogP contribution in [0.5, 0.6) is 5.75 Å². The van der Waals surface area contributed by atoms with Crippen LogP contribution in [0.4, 0.5) is 13.9 Å². The topological polar surface area (TPSA) is 122 Å². The van der Waals surface area contributed by atoms with Gasteiger partial charge in [0.25, 0.3) is 5.91 Å². The Labute approximate surface area is 214 Å². The van der Waals surface area contributed by atoms with Crippen molar-refractivity contribution in [3.8, 4) is 11.8 Å². The van der Waals surface area contributed by atoms with Crippen LogP contribution < -0.4 is 9.50 Å². The highest BCUT2D eigenvalue weighted by atomic mass is 32.2. The summed E-state index contributed by atoms with van der Waals surface area (Å²) in [5, 5.41) is 20.6. The maximum Gasteiger partial charge on any atom is 0.339 e. The van der Waals surface area contributed by atoms with Crippen molar-refractivity contribution < 1.29 is 26.2 Å². The van der Waals surface area contributed by atoms with E-state index in [4.69, 9.17) is 4.18 Å². The van der Waals surface area contributed by atoms with Gasteiger partial charge in [-0.05, 0) is 54.1 Å². The standard InChI is InChI=1S/C25H16F2N4O4S2/c26-19-7-5-16(6-8-19)13-23-30-31-25(36-23)29-24(32)18(15-28)14-17-3-1-2-4-22(17)35-37(33,34)21-11-9-20(27)10-12-21/h1-12,14H,13H2,(H,29,31,32)/b18-14+. The van der Waals surface area contributed by atoms with Crippen molar-refractivity contribution in [2.75, 3.05) is 5.32 Å². The third-order valence-corrected chi connectivity index (χ3v) is 6.93. The molecule has 1 N–H and O–H groups in total. The molecular formula is C25H16F2N4O4S2. The average Bonchev–Trinajstić information content (AvgIpc) is 3.31. The summed E-state index contributed by atoms with van der Waals surface area (Å²) < 4.78 is 56.6. The van der Waals surface area contributed by atoms with E-state index >= 15 is 0 Å². The van der Waals surface area contributed by atoms with Crippen LogP contribution in [0, 0.1) is 23.0 Å². The first-order valence-electron chi connectivity index (χ1n) is 10.5. The number of para-hydroxylation sites is 1. The van der Waals surface area contributed by atoms with E-state index in [2.05, 4.69) is 15.5 Å². The molecule has 8 nitrogen and oxygen atoms in total. The Morgan fingerprint density at radius 1 is 1.00 bits per heavy atom. The molecule has 12 heteroatoms. The van der Waals surface area contributed by atoms with Crippen molar-refractivity contribution in [1.82, 2.24) is 10.2 Å². The number of nitrogens with zero attached hydrogens (tertiary/aromatic N) is 3. The summed E-state index contributed by atoms with van der Waals surface area (Å²) in [6.45, 7) is 0. The fourth-order valence-electron chi connectivity index (χ4n) is 3.06. The van der Waals surface area contributed by atoms with Crippen LogP contribution in [0.2, 0.25) is 0 Å². The largest absolute Gasteiger partial charge is 0.378 e. The lowest BCUT2D eigenvalue weighted by atomic mass is 10.1. The van der Waals surface area contributed by atoms with Gasteiger partial charge in [0.2, 0.25) is 5.13 Å². The Kier molecular flexibility index (Phi) is 7.66. The molecule has 3 aromatic carbocycles. The second kappa shape index (κ2) is 11.1. The lowest BCUT2D eigenvalue weighted by Crippen LogP contribution is -2.14. The van der Waals surface area contributed by atoms with Gasteiger partial charge in [0.15, 0.2) is 0 Å². The number of amides is 1. The molecule has 0 bridgehead atoms. The summed E-state index contributed by atoms with van der Waals surface area (Å²) in [5.41, 5.74) is 0.611. The second-order valence-electron chi connectivity index (χ2n) is 7.46. The zero-order valence-electron chi connectivity index (χ0n) is 18.8. The smallest absolute Gasteiger partial charge is 0.339 e. The third kappa shape index (κ3) is 6.60. The van der Waals surface area contributed by atoms with Crippen LogP contribution in [0.25, 0.3) is 6.08 Å². The summed E-state index contributed by atoms with van der Waals surface area (Å²) in [5.74, 6) is -1.89. The maximum atomic E-state index is 13.2. The maximum absolute atomic E-state index is 13.2. The van der Waals surface area contributed by atoms with Crippen LogP contribution in [0.3, 0.4) is 0 Å². The van der Waals surface area contributed by atoms with E-state index in [-0.39, 0.29) is 32.7 Å². The molecule has 0 saturated heterocycles. The van der Waals surface area contributed by atoms with E-state index in [1.165, 1.54) is 36.4 Å². The number of nitriles is 1. The monoisotopic (exact) mass is 538 g/mol. The Balaban J connectivity index is 1.50. The molecule has 0 radical (unpaired) electrons. The zero-order chi connectivity index (χ0) is 26.4. The molecule has 0 unspecified atom stereocenters. The molecule has 37 heavy (non-hydrogen) atoms. The van der Waals surface area contributed by atoms with Crippen molar-refractivity contribution in [2.45, 2.75) is 11.3 Å². The van der Waals surface area contributed by atoms with Gasteiger partial charge < -0.3 is 4.18 Å². The number of aromatic nitrogens is 2. The molecule has 4 rings (SSSR count). The minimum atomic E-state index is -4.31. The molecular weight excluding hydrogens is 522 g/mol. The molecule has 0 aliphatic rings. The highest BCUT2D eigenvalue weighted by molar-refractivity contribution is 7.87. The third-order valence-electron chi connectivity index (χ3n) is 4.84. The minimum absolute atomic E-state index is 0.134. The number of carbonyl (C=O) groups excluding carboxylic acids is 1. The van der Waals surface area contributed by atoms with Crippen LogP contribution in [-0.2, 0) is 21.3 Å². The highest BCUT2D eigenvalue weighted by Gasteiger charge is 2.19. The molecule has 1 amide bonds. The molecule has 186 valence electrons. The SMILES string of the molecule is N#C/C(=C\c1ccccc1OS(=O)(=O)c1ccc(F)cc1)C(=O)Nc1nnc(Cc2ccc(F)cc2)s1. The van der Waals surface area contributed by atoms with Crippen molar-refractivity contribution in [3.05, 3.63) is 106 Å². The van der Waals surface area contributed by atoms with Gasteiger partial charge in [-0.2, -0.15) is 13.7 Å². The van der Waals surface area contributed by atoms with Crippen molar-refractivity contribution in [3.63, 3.8) is 0 Å². The first kappa shape index (κ1) is 25.6. The Morgan fingerprint density at radius 3 is 2.32 bits per heavy atom. The zero-order valence-corrected chi connectivity index (χ0v) is 20.4. The van der Waals surface area contributed by atoms with E-state index in [1.54, 1.807) is 24.3 Å². The van der Waals surface area contributed by atoms with Crippen LogP contribution in [0.1, 0.15) is 16.1 Å². The van der Waals surface area contributed by atoms with Crippen molar-refractivity contribution >= 4 is 38.6 Å². The Hall–Kier alpha value is -4.47. The van der Waals surface area contributed by atoms with E-state index in [0.29, 0.717) is 11.4 Å². The number of halogens is 2. The van der Waals surface area contributed by atoms with Crippen LogP contribution >= 0.6 is 11.3 Å². The van der Waals surface area contributed by atoms with Gasteiger partial charge in [-0.25, -0.2) is 8.78 Å². The van der Waals surface area contributed by atoms with E-state index in [0.717, 1.165) is 41.2 Å². The highest BCUT2D eigenvalue weighted by Crippen LogP contribution is 2.26. The average molecular weight is 539 g/mol. The first-order chi connectivity index (χ1) is 17.7. The van der Waals surface area contributed by atoms with Gasteiger partial charge in [-0.3, -0.25) is 10.1 Å². The number of hydrogen-bond donors (Lipinski definition) is 1. The van der Waals surface area contributed by atoms with Crippen LogP contribution in [-0.4, -0.2) is 24.5 Å². The molecule has 0 aliphatic carbocycles. The lowest BCUT2D eigenvalue weighted by Gasteiger charge is -2.10. The quantitative estimate of drug-likeness (QED) is 0.196. The summed E-state index contributed by atoms with van der Waals surface area (Å²) in [7, 11) is -4.31. The molecule has 1 aromatic heterocycles. The van der Waals surface area contributed by atoms with Gasteiger partial charge in [0.1, 0.15) is 38.9 Å². The summed E-state index contributed by atoms with van der Waals surface area (Å²) in [6, 6.07) is 17.7. The predicted octanol–water partition coefficient (Wildman–Crippen LogP) is 4.72. The first-order valence-corrected chi connectivity index (χ1v) is 12.7. The molecule has 0 saturated carbocycles. The summed E-state index contributed by atoms with van der Waals surface area (Å²) >= 11 is 1.09. The fraction of sp³-hybridized carbons (Fsp3) is 0.0400. The van der Waals surface area contributed by atoms with Crippen molar-refractivity contribution in [1.29, 1.82) is 5.26 Å². The second-order valence-corrected chi connectivity index (χ2v) is 10.1. The number of carbonyl (C=O) groups is 1. The lowest BCUT2D eigenvalue weighted by molar-refractivity contribution is -0.112. The molecule has 0 aliphatic heterocycles. The number of rotatable bonds is 8.